The highest BCUT2D eigenvalue weighted by molar-refractivity contribution is 6.01. The maximum atomic E-state index is 14.4. The van der Waals surface area contributed by atoms with Gasteiger partial charge in [-0.25, -0.2) is 4.79 Å². The number of ketones is 1. The molecular weight excluding hydrogens is 562 g/mol. The standard InChI is InChI=1S/C39H49NO5/c1-3-25(2)24-32-37-21-6-7-22-38(37,39(32)30-19-9-16-28(17-11-23-40)33(30)35(42)45-39)34(44-36(37)43)31(41)20-10-15-27-14-8-13-26-12-4-5-18-29(26)27/h4-6,9,12,16,18-19,21,25-27,29,32,34H,3,7-8,10-11,13-15,17,20,22-24,40H2,1-2H3/t25-,26+,27+,29+,32+,34-,37-,38+,39-/m0/s1. The fourth-order valence-corrected chi connectivity index (χ4v) is 10.7. The van der Waals surface area contributed by atoms with E-state index in [0.717, 1.165) is 36.8 Å². The molecule has 2 heterocycles. The Balaban J connectivity index is 1.24. The molecule has 9 atom stereocenters. The van der Waals surface area contributed by atoms with Crippen LogP contribution in [0, 0.1) is 40.4 Å². The normalized spacial score (nSPS) is 37.7. The predicted octanol–water partition coefficient (Wildman–Crippen LogP) is 7.16. The van der Waals surface area contributed by atoms with E-state index >= 15 is 0 Å². The molecule has 4 aliphatic carbocycles. The molecule has 7 rings (SSSR count). The van der Waals surface area contributed by atoms with Gasteiger partial charge < -0.3 is 15.2 Å². The van der Waals surface area contributed by atoms with Crippen molar-refractivity contribution in [3.8, 4) is 0 Å². The van der Waals surface area contributed by atoms with Gasteiger partial charge in [-0.2, -0.15) is 0 Å². The Labute approximate surface area is 267 Å². The highest BCUT2D eigenvalue weighted by atomic mass is 16.6. The summed E-state index contributed by atoms with van der Waals surface area (Å²) in [6.07, 6.45) is 22.5. The number of rotatable bonds is 11. The van der Waals surface area contributed by atoms with Crippen LogP contribution in [0.25, 0.3) is 0 Å². The average molecular weight is 612 g/mol. The third kappa shape index (κ3) is 4.19. The quantitative estimate of drug-likeness (QED) is 0.211. The first kappa shape index (κ1) is 30.7. The van der Waals surface area contributed by atoms with E-state index in [0.29, 0.717) is 67.9 Å². The van der Waals surface area contributed by atoms with E-state index in [1.165, 1.54) is 19.3 Å². The molecule has 2 aliphatic heterocycles. The second-order valence-corrected chi connectivity index (χ2v) is 14.8. The maximum Gasteiger partial charge on any atom is 0.339 e. The zero-order valence-corrected chi connectivity index (χ0v) is 27.0. The molecule has 2 N–H and O–H groups in total. The van der Waals surface area contributed by atoms with Gasteiger partial charge in [-0.05, 0) is 93.6 Å². The monoisotopic (exact) mass is 611 g/mol. The minimum Gasteiger partial charge on any atom is -0.453 e. The minimum atomic E-state index is -1.07. The SMILES string of the molecule is CC[C@H](C)C[C@@H]1[C@]23C=CCC[C@]2([C@H](C(=O)CCC[C@H]2CCC[C@H]4C=CC=C[C@@H]24)OC3=O)[C@@]12OC(=O)c1c(CCCN)cccc12. The van der Waals surface area contributed by atoms with Crippen LogP contribution in [0.1, 0.15) is 106 Å². The first-order valence-electron chi connectivity index (χ1n) is 17.7. The number of Topliss-reactive ketones (excluding diaryl/α,β-unsaturated/α-hetero) is 1. The van der Waals surface area contributed by atoms with Crippen molar-refractivity contribution in [2.24, 2.45) is 46.2 Å². The van der Waals surface area contributed by atoms with Crippen LogP contribution in [0.3, 0.4) is 0 Å². The number of carbonyl (C=O) groups is 3. The van der Waals surface area contributed by atoms with Gasteiger partial charge in [0.05, 0.1) is 11.0 Å². The zero-order valence-electron chi connectivity index (χ0n) is 27.0. The first-order valence-corrected chi connectivity index (χ1v) is 17.7. The molecule has 2 saturated carbocycles. The average Bonchev–Trinajstić information content (AvgIpc) is 3.52. The molecule has 0 bridgehead atoms. The second-order valence-electron chi connectivity index (χ2n) is 14.8. The van der Waals surface area contributed by atoms with Gasteiger partial charge in [0, 0.05) is 17.9 Å². The van der Waals surface area contributed by atoms with E-state index in [9.17, 15) is 14.4 Å². The number of hydrogen-bond donors (Lipinski definition) is 1. The molecule has 6 heteroatoms. The number of allylic oxidation sites excluding steroid dienone is 5. The number of benzene rings is 1. The molecule has 1 saturated heterocycles. The molecule has 0 radical (unpaired) electrons. The fourth-order valence-electron chi connectivity index (χ4n) is 10.7. The van der Waals surface area contributed by atoms with Gasteiger partial charge in [-0.1, -0.05) is 81.3 Å². The topological polar surface area (TPSA) is 95.7 Å². The third-order valence-corrected chi connectivity index (χ3v) is 12.8. The molecule has 3 fully saturated rings. The zero-order chi connectivity index (χ0) is 31.4. The van der Waals surface area contributed by atoms with Gasteiger partial charge in [0.15, 0.2) is 17.5 Å². The molecular formula is C39H49NO5. The summed E-state index contributed by atoms with van der Waals surface area (Å²) in [5.74, 6) is 1.09. The molecule has 1 aromatic carbocycles. The Bertz CT molecular complexity index is 1460. The van der Waals surface area contributed by atoms with Gasteiger partial charge in [0.25, 0.3) is 0 Å². The summed E-state index contributed by atoms with van der Waals surface area (Å²) in [7, 11) is 0. The van der Waals surface area contributed by atoms with Crippen molar-refractivity contribution in [2.45, 2.75) is 103 Å². The molecule has 1 spiro atoms. The van der Waals surface area contributed by atoms with Crippen molar-refractivity contribution < 1.29 is 23.9 Å². The van der Waals surface area contributed by atoms with Gasteiger partial charge in [0.2, 0.25) is 0 Å². The number of carbonyl (C=O) groups excluding carboxylic acids is 3. The highest BCUT2D eigenvalue weighted by Gasteiger charge is 2.92. The van der Waals surface area contributed by atoms with Crippen LogP contribution in [-0.4, -0.2) is 30.4 Å². The lowest BCUT2D eigenvalue weighted by atomic mass is 9.30. The van der Waals surface area contributed by atoms with Gasteiger partial charge in [0.1, 0.15) is 5.41 Å². The Morgan fingerprint density at radius 1 is 1.13 bits per heavy atom. The molecule has 6 nitrogen and oxygen atoms in total. The predicted molar refractivity (Wildman–Crippen MR) is 173 cm³/mol. The van der Waals surface area contributed by atoms with Crippen LogP contribution < -0.4 is 5.73 Å². The molecule has 0 unspecified atom stereocenters. The Kier molecular flexibility index (Phi) is 7.95. The third-order valence-electron chi connectivity index (χ3n) is 12.8. The summed E-state index contributed by atoms with van der Waals surface area (Å²) >= 11 is 0. The van der Waals surface area contributed by atoms with Crippen LogP contribution in [-0.2, 0) is 31.1 Å². The summed E-state index contributed by atoms with van der Waals surface area (Å²) in [4.78, 5) is 42.5. The summed E-state index contributed by atoms with van der Waals surface area (Å²) in [6, 6.07) is 6.02. The lowest BCUT2D eigenvalue weighted by Gasteiger charge is -2.70. The van der Waals surface area contributed by atoms with Crippen molar-refractivity contribution in [2.75, 3.05) is 6.54 Å². The molecule has 6 aliphatic rings. The van der Waals surface area contributed by atoms with Crippen molar-refractivity contribution in [3.63, 3.8) is 0 Å². The molecule has 0 aromatic heterocycles. The number of esters is 2. The lowest BCUT2D eigenvalue weighted by Crippen LogP contribution is -2.78. The van der Waals surface area contributed by atoms with E-state index < -0.39 is 22.5 Å². The molecule has 240 valence electrons. The van der Waals surface area contributed by atoms with Gasteiger partial charge in [-0.15, -0.1) is 0 Å². The van der Waals surface area contributed by atoms with E-state index in [2.05, 4.69) is 44.2 Å². The summed E-state index contributed by atoms with van der Waals surface area (Å²) in [6.45, 7) is 4.89. The smallest absolute Gasteiger partial charge is 0.339 e. The number of hydrogen-bond acceptors (Lipinski definition) is 6. The highest BCUT2D eigenvalue weighted by Crippen LogP contribution is 2.83. The largest absolute Gasteiger partial charge is 0.453 e. The van der Waals surface area contributed by atoms with E-state index in [-0.39, 0.29) is 23.6 Å². The van der Waals surface area contributed by atoms with Crippen molar-refractivity contribution in [1.82, 2.24) is 0 Å². The van der Waals surface area contributed by atoms with E-state index in [1.807, 2.05) is 24.3 Å². The summed E-state index contributed by atoms with van der Waals surface area (Å²) in [5, 5.41) is 0. The molecule has 1 aromatic rings. The Morgan fingerprint density at radius 2 is 1.98 bits per heavy atom. The number of fused-ring (bicyclic) bond motifs is 3. The second kappa shape index (κ2) is 11.7. The van der Waals surface area contributed by atoms with Crippen LogP contribution in [0.5, 0.6) is 0 Å². The summed E-state index contributed by atoms with van der Waals surface area (Å²) in [5.41, 5.74) is 5.27. The first-order chi connectivity index (χ1) is 21.9. The lowest BCUT2D eigenvalue weighted by molar-refractivity contribution is -0.293. The van der Waals surface area contributed by atoms with E-state index in [1.54, 1.807) is 0 Å². The number of nitrogens with two attached hydrogens (primary N) is 1. The Morgan fingerprint density at radius 3 is 2.80 bits per heavy atom. The van der Waals surface area contributed by atoms with Gasteiger partial charge >= 0.3 is 11.9 Å². The van der Waals surface area contributed by atoms with Crippen LogP contribution in [0.15, 0.2) is 54.7 Å². The van der Waals surface area contributed by atoms with Gasteiger partial charge in [-0.3, -0.25) is 9.59 Å². The minimum absolute atomic E-state index is 0.0166. The van der Waals surface area contributed by atoms with Crippen LogP contribution in [0.4, 0.5) is 0 Å². The van der Waals surface area contributed by atoms with Crippen LogP contribution >= 0.6 is 0 Å². The van der Waals surface area contributed by atoms with E-state index in [4.69, 9.17) is 15.2 Å². The number of cyclic esters (lactones) is 1. The van der Waals surface area contributed by atoms with Crippen molar-refractivity contribution >= 4 is 17.7 Å². The maximum absolute atomic E-state index is 14.4. The molecule has 0 amide bonds. The van der Waals surface area contributed by atoms with Crippen LogP contribution in [0.2, 0.25) is 0 Å². The summed E-state index contributed by atoms with van der Waals surface area (Å²) < 4.78 is 13.0. The van der Waals surface area contributed by atoms with Crippen molar-refractivity contribution in [1.29, 1.82) is 0 Å². The Hall–Kier alpha value is -2.99. The fraction of sp³-hybridized carbons (Fsp3) is 0.615. The van der Waals surface area contributed by atoms with Crippen molar-refractivity contribution in [3.05, 3.63) is 71.3 Å². The number of aryl methyl sites for hydroxylation is 1. The number of ether oxygens (including phenoxy) is 2. The molecule has 45 heavy (non-hydrogen) atoms.